The van der Waals surface area contributed by atoms with E-state index in [1.54, 1.807) is 0 Å². The maximum Gasteiger partial charge on any atom is 0.164 e. The number of nitrogens with zero attached hydrogens (tertiary/aromatic N) is 4. The molecule has 0 unspecified atom stereocenters. The Labute approximate surface area is 368 Å². The lowest BCUT2D eigenvalue weighted by atomic mass is 9.91. The number of furan rings is 1. The van der Waals surface area contributed by atoms with Gasteiger partial charge >= 0.3 is 0 Å². The monoisotopic (exact) mass is 816 g/mol. The second-order valence-corrected chi connectivity index (χ2v) is 16.4. The van der Waals surface area contributed by atoms with Crippen molar-refractivity contribution in [3.63, 3.8) is 0 Å². The third-order valence-corrected chi connectivity index (χ3v) is 12.6. The van der Waals surface area contributed by atoms with E-state index in [2.05, 4.69) is 180 Å². The second-order valence-electron chi connectivity index (χ2n) is 16.4. The first-order valence-corrected chi connectivity index (χ1v) is 21.6. The highest BCUT2D eigenvalue weighted by atomic mass is 16.3. The minimum atomic E-state index is 0.568. The first-order chi connectivity index (χ1) is 31.7. The minimum absolute atomic E-state index is 0.568. The molecule has 13 rings (SSSR count). The molecule has 0 N–H and O–H groups in total. The second kappa shape index (κ2) is 14.5. The highest BCUT2D eigenvalue weighted by molar-refractivity contribution is 6.17. The Hall–Kier alpha value is -8.67. The van der Waals surface area contributed by atoms with Gasteiger partial charge in [0.1, 0.15) is 11.2 Å². The first-order valence-electron chi connectivity index (χ1n) is 21.6. The van der Waals surface area contributed by atoms with Gasteiger partial charge in [-0.05, 0) is 104 Å². The maximum atomic E-state index is 6.36. The fourth-order valence-electron chi connectivity index (χ4n) is 9.55. The predicted octanol–water partition coefficient (Wildman–Crippen LogP) is 15.5. The molecular formula is C59H36N4O. The van der Waals surface area contributed by atoms with E-state index in [1.807, 2.05) is 42.5 Å². The zero-order valence-electron chi connectivity index (χ0n) is 34.5. The van der Waals surface area contributed by atoms with E-state index < -0.39 is 0 Å². The van der Waals surface area contributed by atoms with Crippen LogP contribution in [0, 0.1) is 0 Å². The first kappa shape index (κ1) is 36.0. The van der Waals surface area contributed by atoms with Crippen LogP contribution >= 0.6 is 0 Å². The Bertz CT molecular complexity index is 3870. The van der Waals surface area contributed by atoms with Crippen molar-refractivity contribution in [2.24, 2.45) is 0 Å². The van der Waals surface area contributed by atoms with E-state index in [1.165, 1.54) is 32.3 Å². The molecule has 0 aliphatic carbocycles. The van der Waals surface area contributed by atoms with E-state index in [4.69, 9.17) is 19.4 Å². The average Bonchev–Trinajstić information content (AvgIpc) is 3.89. The van der Waals surface area contributed by atoms with Gasteiger partial charge in [-0.3, -0.25) is 0 Å². The summed E-state index contributed by atoms with van der Waals surface area (Å²) in [6.07, 6.45) is 0. The van der Waals surface area contributed by atoms with E-state index in [-0.39, 0.29) is 0 Å². The number of rotatable bonds is 6. The maximum absolute atomic E-state index is 6.36. The van der Waals surface area contributed by atoms with Gasteiger partial charge in [-0.25, -0.2) is 15.0 Å². The van der Waals surface area contributed by atoms with E-state index in [0.29, 0.717) is 17.5 Å². The molecular weight excluding hydrogens is 781 g/mol. The Kier molecular flexibility index (Phi) is 8.15. The molecule has 0 bridgehead atoms. The molecule has 0 aliphatic rings. The van der Waals surface area contributed by atoms with Crippen molar-refractivity contribution >= 4 is 65.3 Å². The van der Waals surface area contributed by atoms with Crippen LogP contribution in [-0.4, -0.2) is 19.5 Å². The summed E-state index contributed by atoms with van der Waals surface area (Å²) in [6, 6.07) is 77.2. The highest BCUT2D eigenvalue weighted by Gasteiger charge is 2.22. The summed E-state index contributed by atoms with van der Waals surface area (Å²) >= 11 is 0. The van der Waals surface area contributed by atoms with Gasteiger partial charge in [0, 0.05) is 43.9 Å². The Morgan fingerprint density at radius 3 is 1.52 bits per heavy atom. The average molecular weight is 817 g/mol. The molecule has 0 spiro atoms. The molecule has 0 amide bonds. The largest absolute Gasteiger partial charge is 0.456 e. The van der Waals surface area contributed by atoms with Crippen LogP contribution < -0.4 is 0 Å². The third-order valence-electron chi connectivity index (χ3n) is 12.6. The predicted molar refractivity (Wildman–Crippen MR) is 264 cm³/mol. The molecule has 298 valence electrons. The number of hydrogen-bond acceptors (Lipinski definition) is 4. The van der Waals surface area contributed by atoms with Gasteiger partial charge in [0.25, 0.3) is 0 Å². The molecule has 5 nitrogen and oxygen atoms in total. The van der Waals surface area contributed by atoms with Crippen molar-refractivity contribution in [2.45, 2.75) is 0 Å². The standard InChI is InChI=1S/C59H36N4O/c1-3-15-37(16-4-1)45-23-11-12-24-46(45)50-36-44(63-53-33-41-21-9-7-19-39(41)31-51(53)52-32-40-20-8-10-22-42(40)34-54(52)63)28-30-49(50)59-61-57(38-17-5-2-6-18-38)60-58(62-59)43-27-29-48-47-25-13-14-26-55(47)64-56(48)35-43/h1-36H. The lowest BCUT2D eigenvalue weighted by molar-refractivity contribution is 0.669. The molecule has 5 heteroatoms. The van der Waals surface area contributed by atoms with Crippen LogP contribution in [0.15, 0.2) is 223 Å². The number of benzene rings is 10. The number of hydrogen-bond donors (Lipinski definition) is 0. The van der Waals surface area contributed by atoms with Crippen molar-refractivity contribution in [1.29, 1.82) is 0 Å². The van der Waals surface area contributed by atoms with Gasteiger partial charge in [-0.2, -0.15) is 0 Å². The van der Waals surface area contributed by atoms with Gasteiger partial charge in [0.15, 0.2) is 17.5 Å². The molecule has 0 radical (unpaired) electrons. The molecule has 3 heterocycles. The van der Waals surface area contributed by atoms with Crippen molar-refractivity contribution < 1.29 is 4.42 Å². The Morgan fingerprint density at radius 1 is 0.297 bits per heavy atom. The zero-order valence-corrected chi connectivity index (χ0v) is 34.5. The molecule has 3 aromatic heterocycles. The van der Waals surface area contributed by atoms with Gasteiger partial charge < -0.3 is 8.98 Å². The molecule has 0 saturated heterocycles. The smallest absolute Gasteiger partial charge is 0.164 e. The molecule has 0 aliphatic heterocycles. The summed E-state index contributed by atoms with van der Waals surface area (Å²) in [6.45, 7) is 0. The third kappa shape index (κ3) is 5.90. The van der Waals surface area contributed by atoms with Crippen LogP contribution in [-0.2, 0) is 0 Å². The van der Waals surface area contributed by atoms with Crippen molar-refractivity contribution in [2.75, 3.05) is 0 Å². The Balaban J connectivity index is 1.09. The molecule has 0 atom stereocenters. The van der Waals surface area contributed by atoms with E-state index in [9.17, 15) is 0 Å². The topological polar surface area (TPSA) is 56.7 Å². The quantitative estimate of drug-likeness (QED) is 0.168. The van der Waals surface area contributed by atoms with Crippen LogP contribution in [0.25, 0.3) is 127 Å². The van der Waals surface area contributed by atoms with E-state index in [0.717, 1.165) is 77.6 Å². The summed E-state index contributed by atoms with van der Waals surface area (Å²) in [5.74, 6) is 1.74. The lowest BCUT2D eigenvalue weighted by Crippen LogP contribution is -2.02. The van der Waals surface area contributed by atoms with Crippen LogP contribution in [0.2, 0.25) is 0 Å². The fraction of sp³-hybridized carbons (Fsp3) is 0. The lowest BCUT2D eigenvalue weighted by Gasteiger charge is -2.18. The molecule has 64 heavy (non-hydrogen) atoms. The molecule has 13 aromatic rings. The van der Waals surface area contributed by atoms with Crippen molar-refractivity contribution in [3.05, 3.63) is 218 Å². The van der Waals surface area contributed by atoms with Gasteiger partial charge in [0.2, 0.25) is 0 Å². The van der Waals surface area contributed by atoms with Crippen molar-refractivity contribution in [3.8, 4) is 62.1 Å². The van der Waals surface area contributed by atoms with Crippen LogP contribution in [0.1, 0.15) is 0 Å². The summed E-state index contributed by atoms with van der Waals surface area (Å²) in [5.41, 5.74) is 12.0. The normalized spacial score (nSPS) is 11.8. The summed E-state index contributed by atoms with van der Waals surface area (Å²) in [7, 11) is 0. The number of aromatic nitrogens is 4. The summed E-state index contributed by atoms with van der Waals surface area (Å²) in [4.78, 5) is 15.8. The van der Waals surface area contributed by atoms with Gasteiger partial charge in [-0.1, -0.05) is 158 Å². The summed E-state index contributed by atoms with van der Waals surface area (Å²) in [5, 5.41) is 9.39. The van der Waals surface area contributed by atoms with Gasteiger partial charge in [0.05, 0.1) is 11.0 Å². The van der Waals surface area contributed by atoms with Crippen molar-refractivity contribution in [1.82, 2.24) is 19.5 Å². The number of fused-ring (bicyclic) bond motifs is 8. The Morgan fingerprint density at radius 2 is 0.828 bits per heavy atom. The van der Waals surface area contributed by atoms with Crippen LogP contribution in [0.3, 0.4) is 0 Å². The summed E-state index contributed by atoms with van der Waals surface area (Å²) < 4.78 is 8.79. The molecule has 0 fully saturated rings. The minimum Gasteiger partial charge on any atom is -0.456 e. The van der Waals surface area contributed by atoms with Gasteiger partial charge in [-0.15, -0.1) is 0 Å². The van der Waals surface area contributed by atoms with E-state index >= 15 is 0 Å². The SMILES string of the molecule is c1ccc(-c2nc(-c3ccc4c(c3)oc3ccccc34)nc(-c3ccc(-n4c5cc6ccccc6cc5c5cc6ccccc6cc54)cc3-c3ccccc3-c3ccccc3)n2)cc1. The molecule has 10 aromatic carbocycles. The zero-order chi connectivity index (χ0) is 42.1. The van der Waals surface area contributed by atoms with Crippen LogP contribution in [0.4, 0.5) is 0 Å². The molecule has 0 saturated carbocycles. The number of para-hydroxylation sites is 1. The fourth-order valence-corrected chi connectivity index (χ4v) is 9.55. The van der Waals surface area contributed by atoms with Crippen LogP contribution in [0.5, 0.6) is 0 Å². The highest BCUT2D eigenvalue weighted by Crippen LogP contribution is 2.43.